The van der Waals surface area contributed by atoms with E-state index in [1.807, 2.05) is 0 Å². The molecule has 1 aromatic carbocycles. The third kappa shape index (κ3) is 1.96. The molecule has 3 rings (SSSR count). The molecule has 1 aliphatic carbocycles. The molecule has 0 radical (unpaired) electrons. The highest BCUT2D eigenvalue weighted by Gasteiger charge is 2.51. The molecule has 1 saturated carbocycles. The van der Waals surface area contributed by atoms with Gasteiger partial charge in [0.1, 0.15) is 5.82 Å². The summed E-state index contributed by atoms with van der Waals surface area (Å²) in [7, 11) is 0. The lowest BCUT2D eigenvalue weighted by Gasteiger charge is -2.10. The van der Waals surface area contributed by atoms with Crippen LogP contribution in [0.25, 0.3) is 11.4 Å². The van der Waals surface area contributed by atoms with E-state index in [0.29, 0.717) is 12.8 Å². The predicted octanol–water partition coefficient (Wildman–Crippen LogP) is 1.34. The van der Waals surface area contributed by atoms with Gasteiger partial charge in [-0.15, -0.1) is 5.10 Å². The smallest absolute Gasteiger partial charge is 0.311 e. The van der Waals surface area contributed by atoms with Gasteiger partial charge in [0.15, 0.2) is 5.82 Å². The number of benzene rings is 1. The van der Waals surface area contributed by atoms with E-state index in [9.17, 15) is 9.18 Å². The Morgan fingerprint density at radius 1 is 1.42 bits per heavy atom. The maximum Gasteiger partial charge on any atom is 0.311 e. The summed E-state index contributed by atoms with van der Waals surface area (Å²) in [5.41, 5.74) is -0.524. The highest BCUT2D eigenvalue weighted by atomic mass is 19.1. The van der Waals surface area contributed by atoms with Gasteiger partial charge < -0.3 is 5.11 Å². The topological polar surface area (TPSA) is 80.9 Å². The molecule has 6 nitrogen and oxygen atoms in total. The van der Waals surface area contributed by atoms with Crippen molar-refractivity contribution < 1.29 is 14.3 Å². The van der Waals surface area contributed by atoms with Gasteiger partial charge in [0.05, 0.1) is 17.5 Å². The molecule has 0 unspecified atom stereocenters. The fourth-order valence-electron chi connectivity index (χ4n) is 2.02. The molecular formula is C12H11FN4O2. The molecule has 1 aliphatic rings. The zero-order valence-corrected chi connectivity index (χ0v) is 9.95. The van der Waals surface area contributed by atoms with Crippen molar-refractivity contribution in [2.45, 2.75) is 19.4 Å². The Morgan fingerprint density at radius 2 is 2.16 bits per heavy atom. The van der Waals surface area contributed by atoms with Crippen LogP contribution in [0.5, 0.6) is 0 Å². The molecule has 19 heavy (non-hydrogen) atoms. The average molecular weight is 262 g/mol. The lowest BCUT2D eigenvalue weighted by Crippen LogP contribution is -2.22. The minimum Gasteiger partial charge on any atom is -0.481 e. The van der Waals surface area contributed by atoms with Crippen LogP contribution in [0, 0.1) is 11.2 Å². The highest BCUT2D eigenvalue weighted by molar-refractivity contribution is 5.77. The van der Waals surface area contributed by atoms with Gasteiger partial charge in [-0.2, -0.15) is 0 Å². The normalized spacial score (nSPS) is 16.3. The van der Waals surface area contributed by atoms with Gasteiger partial charge in [-0.25, -0.2) is 9.07 Å². The van der Waals surface area contributed by atoms with E-state index in [4.69, 9.17) is 5.11 Å². The molecule has 1 fully saturated rings. The van der Waals surface area contributed by atoms with Crippen LogP contribution in [0.1, 0.15) is 12.8 Å². The van der Waals surface area contributed by atoms with Crippen molar-refractivity contribution in [1.29, 1.82) is 0 Å². The molecule has 98 valence electrons. The van der Waals surface area contributed by atoms with Gasteiger partial charge >= 0.3 is 5.97 Å². The first kappa shape index (κ1) is 11.8. The third-order valence-corrected chi connectivity index (χ3v) is 3.41. The Labute approximate surface area is 107 Å². The number of nitrogens with zero attached hydrogens (tertiary/aromatic N) is 4. The first-order valence-corrected chi connectivity index (χ1v) is 5.87. The van der Waals surface area contributed by atoms with Crippen LogP contribution in [0.15, 0.2) is 24.3 Å². The van der Waals surface area contributed by atoms with Crippen LogP contribution in [0.2, 0.25) is 0 Å². The van der Waals surface area contributed by atoms with Crippen LogP contribution >= 0.6 is 0 Å². The van der Waals surface area contributed by atoms with Crippen LogP contribution < -0.4 is 0 Å². The van der Waals surface area contributed by atoms with E-state index in [0.717, 1.165) is 0 Å². The quantitative estimate of drug-likeness (QED) is 0.899. The molecule has 0 saturated heterocycles. The number of halogens is 1. The van der Waals surface area contributed by atoms with Crippen molar-refractivity contribution in [1.82, 2.24) is 20.2 Å². The number of hydrogen-bond acceptors (Lipinski definition) is 4. The monoisotopic (exact) mass is 262 g/mol. The Balaban J connectivity index is 1.96. The number of carboxylic acid groups (broad SMARTS) is 1. The summed E-state index contributed by atoms with van der Waals surface area (Å²) < 4.78 is 15.1. The van der Waals surface area contributed by atoms with Gasteiger partial charge in [-0.1, -0.05) is 12.1 Å². The van der Waals surface area contributed by atoms with Crippen molar-refractivity contribution >= 4 is 5.97 Å². The Hall–Kier alpha value is -2.31. The largest absolute Gasteiger partial charge is 0.481 e. The van der Waals surface area contributed by atoms with Crippen molar-refractivity contribution in [3.8, 4) is 11.4 Å². The Morgan fingerprint density at radius 3 is 2.79 bits per heavy atom. The second kappa shape index (κ2) is 4.11. The Bertz CT molecular complexity index is 636. The fraction of sp³-hybridized carbons (Fsp3) is 0.333. The van der Waals surface area contributed by atoms with Crippen LogP contribution in [-0.2, 0) is 11.3 Å². The average Bonchev–Trinajstić information content (AvgIpc) is 3.03. The molecule has 1 N–H and O–H groups in total. The lowest BCUT2D eigenvalue weighted by atomic mass is 10.1. The maximum absolute atomic E-state index is 13.7. The van der Waals surface area contributed by atoms with Gasteiger partial charge in [0, 0.05) is 0 Å². The van der Waals surface area contributed by atoms with Gasteiger partial charge in [0.25, 0.3) is 0 Å². The molecule has 1 heterocycles. The number of aliphatic carboxylic acids is 1. The summed E-state index contributed by atoms with van der Waals surface area (Å²) in [5, 5.41) is 20.2. The molecule has 0 amide bonds. The zero-order chi connectivity index (χ0) is 13.5. The van der Waals surface area contributed by atoms with Gasteiger partial charge in [0.2, 0.25) is 0 Å². The van der Waals surface area contributed by atoms with E-state index in [2.05, 4.69) is 15.5 Å². The first-order valence-electron chi connectivity index (χ1n) is 5.87. The van der Waals surface area contributed by atoms with E-state index in [-0.39, 0.29) is 17.9 Å². The summed E-state index contributed by atoms with van der Waals surface area (Å²) in [4.78, 5) is 11.2. The number of rotatable bonds is 4. The number of tetrazole rings is 1. The maximum atomic E-state index is 13.7. The van der Waals surface area contributed by atoms with Crippen molar-refractivity contribution in [2.75, 3.05) is 0 Å². The van der Waals surface area contributed by atoms with E-state index >= 15 is 0 Å². The third-order valence-electron chi connectivity index (χ3n) is 3.41. The molecule has 7 heteroatoms. The summed E-state index contributed by atoms with van der Waals surface area (Å²) in [5.74, 6) is -1.04. The minimum atomic E-state index is -0.859. The molecule has 2 aromatic rings. The van der Waals surface area contributed by atoms with Crippen LogP contribution in [0.3, 0.4) is 0 Å². The summed E-state index contributed by atoms with van der Waals surface area (Å²) in [6, 6.07) is 6.14. The SMILES string of the molecule is O=C(O)C1(Cn2nnnc2-c2ccccc2F)CC1. The van der Waals surface area contributed by atoms with E-state index < -0.39 is 17.2 Å². The number of hydrogen-bond donors (Lipinski definition) is 1. The van der Waals surface area contributed by atoms with Crippen molar-refractivity contribution in [2.24, 2.45) is 5.41 Å². The fourth-order valence-corrected chi connectivity index (χ4v) is 2.02. The van der Waals surface area contributed by atoms with E-state index in [1.54, 1.807) is 18.2 Å². The molecule has 1 aromatic heterocycles. The lowest BCUT2D eigenvalue weighted by molar-refractivity contribution is -0.144. The molecule has 0 aliphatic heterocycles. The van der Waals surface area contributed by atoms with Crippen molar-refractivity contribution in [3.63, 3.8) is 0 Å². The molecule has 0 spiro atoms. The second-order valence-electron chi connectivity index (χ2n) is 4.73. The Kier molecular flexibility index (Phi) is 2.55. The summed E-state index contributed by atoms with van der Waals surface area (Å²) in [6.07, 6.45) is 1.19. The highest BCUT2D eigenvalue weighted by Crippen LogP contribution is 2.47. The molecule has 0 bridgehead atoms. The first-order chi connectivity index (χ1) is 9.12. The number of carbonyl (C=O) groups is 1. The number of carboxylic acids is 1. The minimum absolute atomic E-state index is 0.166. The summed E-state index contributed by atoms with van der Waals surface area (Å²) >= 11 is 0. The second-order valence-corrected chi connectivity index (χ2v) is 4.73. The molecular weight excluding hydrogens is 251 g/mol. The van der Waals surface area contributed by atoms with E-state index in [1.165, 1.54) is 10.7 Å². The zero-order valence-electron chi connectivity index (χ0n) is 9.95. The standard InChI is InChI=1S/C12H11FN4O2/c13-9-4-2-1-3-8(9)10-14-15-16-17(10)7-12(5-6-12)11(18)19/h1-4H,5-7H2,(H,18,19). The molecule has 0 atom stereocenters. The number of aromatic nitrogens is 4. The summed E-state index contributed by atoms with van der Waals surface area (Å²) in [6.45, 7) is 0.166. The van der Waals surface area contributed by atoms with Gasteiger partial charge in [-0.05, 0) is 35.4 Å². The van der Waals surface area contributed by atoms with Crippen molar-refractivity contribution in [3.05, 3.63) is 30.1 Å². The predicted molar refractivity (Wildman–Crippen MR) is 62.5 cm³/mol. The van der Waals surface area contributed by atoms with Crippen LogP contribution in [-0.4, -0.2) is 31.3 Å². The van der Waals surface area contributed by atoms with Crippen LogP contribution in [0.4, 0.5) is 4.39 Å². The van der Waals surface area contributed by atoms with Gasteiger partial charge in [-0.3, -0.25) is 4.79 Å².